The van der Waals surface area contributed by atoms with E-state index in [0.29, 0.717) is 0 Å². The lowest BCUT2D eigenvalue weighted by Crippen LogP contribution is -2.42. The van der Waals surface area contributed by atoms with Gasteiger partial charge in [-0.05, 0) is 51.6 Å². The van der Waals surface area contributed by atoms with Crippen LogP contribution in [0.2, 0.25) is 0 Å². The smallest absolute Gasteiger partial charge is 0.0236 e. The van der Waals surface area contributed by atoms with E-state index < -0.39 is 0 Å². The lowest BCUT2D eigenvalue weighted by Gasteiger charge is -2.35. The SMILES string of the molecule is CN(Cc1ccc(Br)cc1)C(C)(C)CCN. The summed E-state index contributed by atoms with van der Waals surface area (Å²) in [7, 11) is 2.15. The van der Waals surface area contributed by atoms with Crippen LogP contribution in [0.1, 0.15) is 25.8 Å². The lowest BCUT2D eigenvalue weighted by molar-refractivity contribution is 0.140. The van der Waals surface area contributed by atoms with Gasteiger partial charge in [-0.2, -0.15) is 0 Å². The van der Waals surface area contributed by atoms with E-state index in [0.717, 1.165) is 24.0 Å². The second-order valence-electron chi connectivity index (χ2n) is 4.83. The van der Waals surface area contributed by atoms with Gasteiger partial charge in [0, 0.05) is 16.6 Å². The van der Waals surface area contributed by atoms with Crippen molar-refractivity contribution in [2.75, 3.05) is 13.6 Å². The van der Waals surface area contributed by atoms with Crippen molar-refractivity contribution in [2.45, 2.75) is 32.4 Å². The molecule has 0 saturated carbocycles. The van der Waals surface area contributed by atoms with Crippen LogP contribution in [0.3, 0.4) is 0 Å². The third kappa shape index (κ3) is 3.89. The van der Waals surface area contributed by atoms with E-state index in [1.54, 1.807) is 0 Å². The van der Waals surface area contributed by atoms with Gasteiger partial charge in [0.2, 0.25) is 0 Å². The first-order valence-electron chi connectivity index (χ1n) is 5.61. The Morgan fingerprint density at radius 1 is 1.25 bits per heavy atom. The van der Waals surface area contributed by atoms with E-state index in [-0.39, 0.29) is 5.54 Å². The summed E-state index contributed by atoms with van der Waals surface area (Å²) in [6, 6.07) is 8.47. The molecule has 0 unspecified atom stereocenters. The number of hydrogen-bond donors (Lipinski definition) is 1. The second kappa shape index (κ2) is 5.80. The molecule has 3 heteroatoms. The third-order valence-electron chi connectivity index (χ3n) is 3.12. The maximum atomic E-state index is 5.63. The van der Waals surface area contributed by atoms with Crippen LogP contribution in [0.4, 0.5) is 0 Å². The normalized spacial score (nSPS) is 12.1. The molecular formula is C13H21BrN2. The minimum atomic E-state index is 0.155. The maximum Gasteiger partial charge on any atom is 0.0236 e. The molecular weight excluding hydrogens is 264 g/mol. The van der Waals surface area contributed by atoms with Crippen LogP contribution >= 0.6 is 15.9 Å². The maximum absolute atomic E-state index is 5.63. The number of nitrogens with zero attached hydrogens (tertiary/aromatic N) is 1. The van der Waals surface area contributed by atoms with Gasteiger partial charge in [-0.25, -0.2) is 0 Å². The Morgan fingerprint density at radius 3 is 2.31 bits per heavy atom. The molecule has 0 aliphatic heterocycles. The van der Waals surface area contributed by atoms with Crippen molar-refractivity contribution in [3.63, 3.8) is 0 Å². The van der Waals surface area contributed by atoms with Crippen LogP contribution in [-0.2, 0) is 6.54 Å². The van der Waals surface area contributed by atoms with Crippen molar-refractivity contribution in [3.05, 3.63) is 34.3 Å². The van der Waals surface area contributed by atoms with Gasteiger partial charge in [0.15, 0.2) is 0 Å². The average Bonchev–Trinajstić information content (AvgIpc) is 2.21. The zero-order valence-electron chi connectivity index (χ0n) is 10.3. The highest BCUT2D eigenvalue weighted by molar-refractivity contribution is 9.10. The highest BCUT2D eigenvalue weighted by Crippen LogP contribution is 2.19. The molecule has 0 fully saturated rings. The number of benzene rings is 1. The fourth-order valence-electron chi connectivity index (χ4n) is 1.62. The van der Waals surface area contributed by atoms with E-state index in [2.05, 4.69) is 66.0 Å². The van der Waals surface area contributed by atoms with E-state index in [9.17, 15) is 0 Å². The molecule has 0 amide bonds. The molecule has 0 aromatic heterocycles. The summed E-state index contributed by atoms with van der Waals surface area (Å²) in [4.78, 5) is 2.35. The first-order valence-corrected chi connectivity index (χ1v) is 6.41. The molecule has 2 N–H and O–H groups in total. The summed E-state index contributed by atoms with van der Waals surface area (Å²) in [6.07, 6.45) is 1.01. The van der Waals surface area contributed by atoms with Crippen molar-refractivity contribution < 1.29 is 0 Å². The second-order valence-corrected chi connectivity index (χ2v) is 5.75. The molecule has 1 aromatic carbocycles. The molecule has 0 spiro atoms. The van der Waals surface area contributed by atoms with Crippen LogP contribution in [0, 0.1) is 0 Å². The van der Waals surface area contributed by atoms with Crippen LogP contribution < -0.4 is 5.73 Å². The van der Waals surface area contributed by atoms with E-state index >= 15 is 0 Å². The molecule has 0 aliphatic carbocycles. The highest BCUT2D eigenvalue weighted by Gasteiger charge is 2.22. The van der Waals surface area contributed by atoms with Crippen LogP contribution in [-0.4, -0.2) is 24.0 Å². The molecule has 90 valence electrons. The molecule has 0 aliphatic rings. The monoisotopic (exact) mass is 284 g/mol. The minimum absolute atomic E-state index is 0.155. The summed E-state index contributed by atoms with van der Waals surface area (Å²) in [5, 5.41) is 0. The summed E-state index contributed by atoms with van der Waals surface area (Å²) in [5.41, 5.74) is 7.12. The van der Waals surface area contributed by atoms with Gasteiger partial charge in [-0.1, -0.05) is 28.1 Å². The minimum Gasteiger partial charge on any atom is -0.330 e. The van der Waals surface area contributed by atoms with Gasteiger partial charge in [-0.15, -0.1) is 0 Å². The summed E-state index contributed by atoms with van der Waals surface area (Å²) >= 11 is 3.45. The Morgan fingerprint density at radius 2 is 1.81 bits per heavy atom. The number of hydrogen-bond acceptors (Lipinski definition) is 2. The van der Waals surface area contributed by atoms with Crippen LogP contribution in [0.5, 0.6) is 0 Å². The zero-order chi connectivity index (χ0) is 12.2. The Labute approximate surface area is 107 Å². The van der Waals surface area contributed by atoms with Crippen molar-refractivity contribution in [3.8, 4) is 0 Å². The Kier molecular flexibility index (Phi) is 4.96. The Balaban J connectivity index is 2.63. The van der Waals surface area contributed by atoms with Gasteiger partial charge in [0.1, 0.15) is 0 Å². The van der Waals surface area contributed by atoms with Gasteiger partial charge in [0.05, 0.1) is 0 Å². The Bertz CT molecular complexity index is 319. The van der Waals surface area contributed by atoms with E-state index in [4.69, 9.17) is 5.73 Å². The molecule has 0 heterocycles. The van der Waals surface area contributed by atoms with Crippen molar-refractivity contribution >= 4 is 15.9 Å². The summed E-state index contributed by atoms with van der Waals surface area (Å²) in [5.74, 6) is 0. The summed E-state index contributed by atoms with van der Waals surface area (Å²) < 4.78 is 1.13. The zero-order valence-corrected chi connectivity index (χ0v) is 11.9. The fourth-order valence-corrected chi connectivity index (χ4v) is 1.89. The van der Waals surface area contributed by atoms with E-state index in [1.807, 2.05) is 0 Å². The number of rotatable bonds is 5. The van der Waals surface area contributed by atoms with Gasteiger partial charge in [-0.3, -0.25) is 4.90 Å². The van der Waals surface area contributed by atoms with Crippen molar-refractivity contribution in [1.29, 1.82) is 0 Å². The molecule has 1 aromatic rings. The number of halogens is 1. The average molecular weight is 285 g/mol. The molecule has 2 nitrogen and oxygen atoms in total. The molecule has 1 rings (SSSR count). The molecule has 0 atom stereocenters. The van der Waals surface area contributed by atoms with Gasteiger partial charge >= 0.3 is 0 Å². The third-order valence-corrected chi connectivity index (χ3v) is 3.65. The largest absolute Gasteiger partial charge is 0.330 e. The van der Waals surface area contributed by atoms with Crippen molar-refractivity contribution in [1.82, 2.24) is 4.90 Å². The standard InChI is InChI=1S/C13H21BrN2/c1-13(2,8-9-15)16(3)10-11-4-6-12(14)7-5-11/h4-7H,8-10,15H2,1-3H3. The lowest BCUT2D eigenvalue weighted by atomic mass is 9.98. The Hall–Kier alpha value is -0.380. The first-order chi connectivity index (χ1) is 7.45. The first kappa shape index (κ1) is 13.7. The predicted octanol–water partition coefficient (Wildman–Crippen LogP) is 3.01. The fraction of sp³-hybridized carbons (Fsp3) is 0.538. The highest BCUT2D eigenvalue weighted by atomic mass is 79.9. The summed E-state index contributed by atoms with van der Waals surface area (Å²) in [6.45, 7) is 6.16. The van der Waals surface area contributed by atoms with E-state index in [1.165, 1.54) is 5.56 Å². The topological polar surface area (TPSA) is 29.3 Å². The van der Waals surface area contributed by atoms with Crippen LogP contribution in [0.25, 0.3) is 0 Å². The van der Waals surface area contributed by atoms with Gasteiger partial charge < -0.3 is 5.73 Å². The van der Waals surface area contributed by atoms with Crippen LogP contribution in [0.15, 0.2) is 28.7 Å². The predicted molar refractivity (Wildman–Crippen MR) is 73.4 cm³/mol. The molecule has 0 saturated heterocycles. The molecule has 16 heavy (non-hydrogen) atoms. The van der Waals surface area contributed by atoms with Gasteiger partial charge in [0.25, 0.3) is 0 Å². The quantitative estimate of drug-likeness (QED) is 0.901. The molecule has 0 radical (unpaired) electrons. The molecule has 0 bridgehead atoms. The number of nitrogens with two attached hydrogens (primary N) is 1. The van der Waals surface area contributed by atoms with Crippen molar-refractivity contribution in [2.24, 2.45) is 5.73 Å².